The molecule has 0 atom stereocenters. The quantitative estimate of drug-likeness (QED) is 0.120. The van der Waals surface area contributed by atoms with Crippen molar-refractivity contribution in [2.75, 3.05) is 14.2 Å². The van der Waals surface area contributed by atoms with Gasteiger partial charge in [0.1, 0.15) is 0 Å². The van der Waals surface area contributed by atoms with Crippen LogP contribution in [-0.2, 0) is 80.4 Å². The Labute approximate surface area is 772 Å². The average Bonchev–Trinajstić information content (AvgIpc) is 0.843. The molecule has 0 saturated heterocycles. The van der Waals surface area contributed by atoms with Crippen molar-refractivity contribution in [3.05, 3.63) is 511 Å². The Hall–Kier alpha value is -12.9. The zero-order chi connectivity index (χ0) is 81.8. The van der Waals surface area contributed by atoms with Gasteiger partial charge in [-0.2, -0.15) is 0 Å². The van der Waals surface area contributed by atoms with E-state index in [-0.39, 0.29) is 80.4 Å². The smallest absolute Gasteiger partial charge is 0.0702 e. The number of hydrogen-bond donors (Lipinski definition) is 2. The van der Waals surface area contributed by atoms with Crippen LogP contribution in [0.4, 0.5) is 0 Å². The zero-order valence-electron chi connectivity index (χ0n) is 66.8. The molecule has 2 N–H and O–H groups in total. The molecule has 0 spiro atoms. The molecule has 0 amide bonds. The summed E-state index contributed by atoms with van der Waals surface area (Å²) >= 11 is 0. The number of nitrogens with zero attached hydrogens (tertiary/aromatic N) is 8. The minimum absolute atomic E-state index is 0. The zero-order valence-corrected chi connectivity index (χ0v) is 76.3. The van der Waals surface area contributed by atoms with Gasteiger partial charge < -0.3 is 45.1 Å². The third-order valence-corrected chi connectivity index (χ3v) is 16.9. The summed E-state index contributed by atoms with van der Waals surface area (Å²) in [6.07, 6.45) is 14.4. The largest absolute Gasteiger partial charge is 0.400 e. The first-order chi connectivity index (χ1) is 58.6. The van der Waals surface area contributed by atoms with Crippen molar-refractivity contribution in [3.8, 4) is 123 Å². The maximum Gasteiger partial charge on any atom is 0.0702 e. The van der Waals surface area contributed by atoms with Crippen LogP contribution in [0.25, 0.3) is 123 Å². The fraction of sp³-hybridized carbons (Fsp3) is 0.0185. The number of pyridine rings is 8. The van der Waals surface area contributed by atoms with Crippen LogP contribution in [0.3, 0.4) is 0 Å². The summed E-state index contributed by atoms with van der Waals surface area (Å²) in [6.45, 7) is 0. The van der Waals surface area contributed by atoms with Crippen LogP contribution in [0.5, 0.6) is 0 Å². The van der Waals surface area contributed by atoms with Crippen molar-refractivity contribution in [1.82, 2.24) is 39.9 Å². The van der Waals surface area contributed by atoms with E-state index in [1.807, 2.05) is 328 Å². The van der Waals surface area contributed by atoms with Gasteiger partial charge in [-0.1, -0.05) is 200 Å². The molecule has 0 fully saturated rings. The molecule has 4 radical (unpaired) electrons. The van der Waals surface area contributed by atoms with Crippen LogP contribution >= 0.6 is 0 Å². The van der Waals surface area contributed by atoms with Gasteiger partial charge >= 0.3 is 0 Å². The Bertz CT molecular complexity index is 4730. The van der Waals surface area contributed by atoms with E-state index in [9.17, 15) is 0 Å². The van der Waals surface area contributed by atoms with E-state index in [4.69, 9.17) is 10.2 Å². The Kier molecular flexibility index (Phi) is 47.3. The van der Waals surface area contributed by atoms with Crippen molar-refractivity contribution >= 4 is 0 Å². The Morgan fingerprint density at radius 1 is 0.148 bits per heavy atom. The normalized spacial score (nSPS) is 9.38. The van der Waals surface area contributed by atoms with Crippen LogP contribution in [0.1, 0.15) is 0 Å². The minimum Gasteiger partial charge on any atom is -0.400 e. The Balaban J connectivity index is 0.000000215. The van der Waals surface area contributed by atoms with Crippen molar-refractivity contribution in [2.24, 2.45) is 0 Å². The van der Waals surface area contributed by atoms with Crippen molar-refractivity contribution in [1.29, 1.82) is 0 Å². The molecule has 0 aliphatic heterocycles. The molecule has 19 aromatic rings. The summed E-state index contributed by atoms with van der Waals surface area (Å²) in [5.41, 5.74) is 23.4. The van der Waals surface area contributed by atoms with Crippen LogP contribution < -0.4 is 0 Å². The first kappa shape index (κ1) is 98.0. The fourth-order valence-electron chi connectivity index (χ4n) is 11.3. The molecule has 0 saturated carbocycles. The predicted octanol–water partition coefficient (Wildman–Crippen LogP) is 24.8. The topological polar surface area (TPSA) is 144 Å². The number of benzene rings is 11. The molecule has 14 heteroatoms. The van der Waals surface area contributed by atoms with E-state index in [1.54, 1.807) is 43.4 Å². The Morgan fingerprint density at radius 3 is 0.557 bits per heavy atom. The van der Waals surface area contributed by atoms with Crippen molar-refractivity contribution in [3.63, 3.8) is 0 Å². The van der Waals surface area contributed by atoms with Crippen molar-refractivity contribution in [2.45, 2.75) is 0 Å². The average molecular weight is 2300 g/mol. The molecule has 0 aliphatic rings. The fourth-order valence-corrected chi connectivity index (χ4v) is 11.3. The van der Waals surface area contributed by atoms with E-state index in [1.165, 1.54) is 33.4 Å². The predicted molar refractivity (Wildman–Crippen MR) is 482 cm³/mol. The second-order valence-electron chi connectivity index (χ2n) is 24.8. The molecule has 612 valence electrons. The number of rotatable bonds is 11. The maximum atomic E-state index is 7.00. The van der Waals surface area contributed by atoms with Gasteiger partial charge in [0.05, 0.1) is 5.69 Å². The third kappa shape index (κ3) is 33.7. The minimum atomic E-state index is 0. The van der Waals surface area contributed by atoms with E-state index >= 15 is 0 Å². The molecule has 0 unspecified atom stereocenters. The van der Waals surface area contributed by atoms with Gasteiger partial charge in [-0.05, 0) is 123 Å². The number of aromatic nitrogens is 8. The van der Waals surface area contributed by atoms with Crippen molar-refractivity contribution < 1.29 is 90.6 Å². The summed E-state index contributed by atoms with van der Waals surface area (Å²) in [5, 5.41) is 14.0. The van der Waals surface area contributed by atoms with Gasteiger partial charge in [-0.25, -0.2) is 0 Å². The number of aliphatic hydroxyl groups excluding tert-OH is 2. The van der Waals surface area contributed by atoms with E-state index < -0.39 is 0 Å². The summed E-state index contributed by atoms with van der Waals surface area (Å²) in [5.74, 6) is 0. The summed E-state index contributed by atoms with van der Waals surface area (Å²) in [4.78, 5) is 34.2. The molecular weight excluding hydrogens is 2210 g/mol. The van der Waals surface area contributed by atoms with Gasteiger partial charge in [0.2, 0.25) is 0 Å². The van der Waals surface area contributed by atoms with Crippen LogP contribution in [-0.4, -0.2) is 64.3 Å². The van der Waals surface area contributed by atoms with Crippen LogP contribution in [0.15, 0.2) is 468 Å². The molecule has 0 aliphatic carbocycles. The van der Waals surface area contributed by atoms with Gasteiger partial charge in [0.15, 0.2) is 0 Å². The molecule has 122 heavy (non-hydrogen) atoms. The van der Waals surface area contributed by atoms with Gasteiger partial charge in [0, 0.05) is 150 Å². The van der Waals surface area contributed by atoms with E-state index in [0.29, 0.717) is 0 Å². The number of hydrogen-bond acceptors (Lipinski definition) is 10. The van der Waals surface area contributed by atoms with Gasteiger partial charge in [0.25, 0.3) is 0 Å². The molecule has 8 heterocycles. The molecule has 19 rings (SSSR count). The number of aliphatic hydroxyl groups is 2. The standard InChI is InChI=1S/C17H13N.2C17H12N.5C11H8N.2CH4O.4Ir/c3*1-2-7-14(8-3-1)15-9-6-10-16(13-15)17-11-4-5-12-18-17;5*1-2-6-10(7-3-1)11-8-4-5-9-12-11;2*1-2;;;;/h1-13H;2*1-9,11-13H;5*1-6,8-9H;2*2H,1H3;;;;/q;7*-1;;;;;;. The second kappa shape index (κ2) is 58.9. The molecule has 10 nitrogen and oxygen atoms in total. The summed E-state index contributed by atoms with van der Waals surface area (Å²) < 4.78 is 0. The van der Waals surface area contributed by atoms with Crippen LogP contribution in [0, 0.1) is 42.5 Å². The van der Waals surface area contributed by atoms with E-state index in [2.05, 4.69) is 179 Å². The van der Waals surface area contributed by atoms with E-state index in [0.717, 1.165) is 104 Å². The second-order valence-corrected chi connectivity index (χ2v) is 24.8. The summed E-state index contributed by atoms with van der Waals surface area (Å²) in [6, 6.07) is 160. The molecule has 0 bridgehead atoms. The first-order valence-electron chi connectivity index (χ1n) is 38.0. The first-order valence-corrected chi connectivity index (χ1v) is 38.0. The van der Waals surface area contributed by atoms with Crippen LogP contribution in [0.2, 0.25) is 0 Å². The molecule has 8 aromatic heterocycles. The molecule has 11 aromatic carbocycles. The van der Waals surface area contributed by atoms with Gasteiger partial charge in [-0.3, -0.25) is 4.98 Å². The maximum absolute atomic E-state index is 7.00. The summed E-state index contributed by atoms with van der Waals surface area (Å²) in [7, 11) is 2.00. The monoisotopic (exact) mass is 2300 g/mol. The SMILES string of the molecule is CO.CO.[Ir].[Ir].[Ir].[Ir].[c-]1ccc(-c2ccccc2)cc1-c1ccccn1.[c-]1ccc(-c2ccccc2)cc1-c1ccccn1.[c-]1ccccc1-c1ccccn1.[c-]1ccccc1-c1ccccn1.[c-]1ccccc1-c1ccccn1.[c-]1ccccc1-c1ccccn1.[c-]1ccccc1-c1ccccn1.c1ccc(-c2cccc(-c3ccccn3)c2)cc1. The third-order valence-electron chi connectivity index (χ3n) is 16.9. The van der Waals surface area contributed by atoms with Gasteiger partial charge in [-0.15, -0.1) is 250 Å². The Morgan fingerprint density at radius 2 is 0.336 bits per heavy atom. The molecular formula is C108H85Ir4N8O2-7.